The summed E-state index contributed by atoms with van der Waals surface area (Å²) in [5.74, 6) is -0.214. The van der Waals surface area contributed by atoms with Gasteiger partial charge in [-0.3, -0.25) is 0 Å². The number of hydrogen-bond donors (Lipinski definition) is 2. The Morgan fingerprint density at radius 2 is 2.15 bits per heavy atom. The highest BCUT2D eigenvalue weighted by atomic mass is 32.2. The van der Waals surface area contributed by atoms with Crippen molar-refractivity contribution in [2.45, 2.75) is 12.5 Å². The van der Waals surface area contributed by atoms with Crippen LogP contribution in [0.4, 0.5) is 10.5 Å². The average molecular weight is 291 g/mol. The van der Waals surface area contributed by atoms with Gasteiger partial charge in [-0.25, -0.2) is 9.59 Å². The molecule has 2 rings (SSSR count). The Morgan fingerprint density at radius 3 is 2.75 bits per heavy atom. The van der Waals surface area contributed by atoms with Crippen LogP contribution in [-0.2, 0) is 11.2 Å². The minimum atomic E-state index is -0.991. The van der Waals surface area contributed by atoms with Crippen LogP contribution in [0.5, 0.6) is 0 Å². The highest BCUT2D eigenvalue weighted by Gasteiger charge is 2.34. The molecule has 0 radical (unpaired) electrons. The Labute approximate surface area is 120 Å². The highest BCUT2D eigenvalue weighted by Crippen LogP contribution is 2.22. The van der Waals surface area contributed by atoms with Crippen LogP contribution < -0.4 is 5.32 Å². The van der Waals surface area contributed by atoms with Gasteiger partial charge in [-0.15, -0.1) is 11.8 Å². The molecule has 1 fully saturated rings. The van der Waals surface area contributed by atoms with Crippen molar-refractivity contribution in [1.82, 2.24) is 4.90 Å². The molecule has 0 unspecified atom stereocenters. The molecule has 1 aromatic rings. The molecule has 1 heterocycles. The van der Waals surface area contributed by atoms with Gasteiger partial charge in [0.25, 0.3) is 0 Å². The Morgan fingerprint density at radius 1 is 1.45 bits per heavy atom. The second-order valence-corrected chi connectivity index (χ2v) is 5.29. The fraction of sp³-hybridized carbons (Fsp3) is 0.308. The first kappa shape index (κ1) is 14.2. The van der Waals surface area contributed by atoms with E-state index in [1.165, 1.54) is 16.7 Å². The lowest BCUT2D eigenvalue weighted by Gasteiger charge is -2.20. The second-order valence-electron chi connectivity index (χ2n) is 4.29. The summed E-state index contributed by atoms with van der Waals surface area (Å²) in [6.45, 7) is 0. The lowest BCUT2D eigenvalue weighted by atomic mass is 10.1. The summed E-state index contributed by atoms with van der Waals surface area (Å²) in [7, 11) is 0. The van der Waals surface area contributed by atoms with Gasteiger partial charge in [0.2, 0.25) is 0 Å². The number of nitriles is 1. The molecule has 20 heavy (non-hydrogen) atoms. The third-order valence-corrected chi connectivity index (χ3v) is 3.93. The molecule has 0 bridgehead atoms. The number of carbonyl (C=O) groups excluding carboxylic acids is 1. The van der Waals surface area contributed by atoms with Gasteiger partial charge in [-0.05, 0) is 17.7 Å². The molecule has 1 aliphatic rings. The number of aliphatic carboxylic acids is 1. The predicted octanol–water partition coefficient (Wildman–Crippen LogP) is 1.74. The zero-order valence-corrected chi connectivity index (χ0v) is 11.4. The molecular weight excluding hydrogens is 278 g/mol. The van der Waals surface area contributed by atoms with Crippen LogP contribution >= 0.6 is 11.8 Å². The summed E-state index contributed by atoms with van der Waals surface area (Å²) in [6.07, 6.45) is 0.318. The van der Waals surface area contributed by atoms with E-state index in [0.717, 1.165) is 5.56 Å². The SMILES string of the molecule is N#CCc1ccc(NC(=O)N2CSC[C@H]2C(=O)O)cc1. The first-order chi connectivity index (χ1) is 9.61. The van der Waals surface area contributed by atoms with Gasteiger partial charge >= 0.3 is 12.0 Å². The molecule has 2 N–H and O–H groups in total. The van der Waals surface area contributed by atoms with Crippen LogP contribution in [-0.4, -0.2) is 39.7 Å². The van der Waals surface area contributed by atoms with Gasteiger partial charge < -0.3 is 15.3 Å². The molecule has 104 valence electrons. The van der Waals surface area contributed by atoms with E-state index in [0.29, 0.717) is 23.7 Å². The first-order valence-corrected chi connectivity index (χ1v) is 7.11. The van der Waals surface area contributed by atoms with Crippen LogP contribution in [0.15, 0.2) is 24.3 Å². The van der Waals surface area contributed by atoms with Gasteiger partial charge in [0, 0.05) is 11.4 Å². The smallest absolute Gasteiger partial charge is 0.327 e. The van der Waals surface area contributed by atoms with Crippen molar-refractivity contribution in [3.8, 4) is 6.07 Å². The van der Waals surface area contributed by atoms with Gasteiger partial charge in [0.1, 0.15) is 6.04 Å². The number of nitrogens with zero attached hydrogens (tertiary/aromatic N) is 2. The van der Waals surface area contributed by atoms with Gasteiger partial charge in [-0.1, -0.05) is 12.1 Å². The van der Waals surface area contributed by atoms with Crippen LogP contribution in [0.2, 0.25) is 0 Å². The number of amides is 2. The molecule has 0 aromatic heterocycles. The fourth-order valence-electron chi connectivity index (χ4n) is 1.84. The van der Waals surface area contributed by atoms with E-state index >= 15 is 0 Å². The van der Waals surface area contributed by atoms with Gasteiger partial charge in [0.05, 0.1) is 18.4 Å². The summed E-state index contributed by atoms with van der Waals surface area (Å²) in [5.41, 5.74) is 1.45. The van der Waals surface area contributed by atoms with Crippen LogP contribution in [0.1, 0.15) is 5.56 Å². The number of anilines is 1. The number of nitrogens with one attached hydrogen (secondary N) is 1. The highest BCUT2D eigenvalue weighted by molar-refractivity contribution is 7.99. The molecular formula is C13H13N3O3S. The summed E-state index contributed by atoms with van der Waals surface area (Å²) in [6, 6.07) is 7.75. The molecule has 2 amide bonds. The molecule has 6 nitrogen and oxygen atoms in total. The normalized spacial score (nSPS) is 17.6. The topological polar surface area (TPSA) is 93.4 Å². The molecule has 0 spiro atoms. The number of carboxylic acid groups (broad SMARTS) is 1. The standard InChI is InChI=1S/C13H13N3O3S/c14-6-5-9-1-3-10(4-2-9)15-13(19)16-8-20-7-11(16)12(17)18/h1-4,11H,5,7-8H2,(H,15,19)(H,17,18)/t11-/m0/s1. The molecule has 1 aromatic carbocycles. The maximum atomic E-state index is 12.0. The number of carbonyl (C=O) groups is 2. The maximum Gasteiger partial charge on any atom is 0.327 e. The van der Waals surface area contributed by atoms with E-state index in [-0.39, 0.29) is 0 Å². The molecule has 1 saturated heterocycles. The number of carboxylic acids is 1. The van der Waals surface area contributed by atoms with Crippen molar-refractivity contribution in [3.05, 3.63) is 29.8 Å². The fourth-order valence-corrected chi connectivity index (χ4v) is 2.98. The average Bonchev–Trinajstić information content (AvgIpc) is 2.91. The zero-order chi connectivity index (χ0) is 14.5. The monoisotopic (exact) mass is 291 g/mol. The van der Waals surface area contributed by atoms with Crippen LogP contribution in [0.25, 0.3) is 0 Å². The Kier molecular flexibility index (Phi) is 4.48. The lowest BCUT2D eigenvalue weighted by Crippen LogP contribution is -2.43. The van der Waals surface area contributed by atoms with Gasteiger partial charge in [-0.2, -0.15) is 5.26 Å². The van der Waals surface area contributed by atoms with Gasteiger partial charge in [0.15, 0.2) is 0 Å². The third-order valence-electron chi connectivity index (χ3n) is 2.92. The molecule has 1 aliphatic heterocycles. The van der Waals surface area contributed by atoms with Crippen molar-refractivity contribution in [1.29, 1.82) is 5.26 Å². The summed E-state index contributed by atoms with van der Waals surface area (Å²) in [4.78, 5) is 24.3. The van der Waals surface area contributed by atoms with E-state index in [1.54, 1.807) is 24.3 Å². The third kappa shape index (κ3) is 3.22. The van der Waals surface area contributed by atoms with E-state index in [9.17, 15) is 9.59 Å². The second kappa shape index (κ2) is 6.30. The minimum absolute atomic E-state index is 0.318. The van der Waals surface area contributed by atoms with Crippen molar-refractivity contribution in [2.24, 2.45) is 0 Å². The number of thioether (sulfide) groups is 1. The summed E-state index contributed by atoms with van der Waals surface area (Å²) in [5, 5.41) is 20.3. The summed E-state index contributed by atoms with van der Waals surface area (Å²) < 4.78 is 0. The van der Waals surface area contributed by atoms with Crippen molar-refractivity contribution < 1.29 is 14.7 Å². The number of benzene rings is 1. The van der Waals surface area contributed by atoms with E-state index in [4.69, 9.17) is 10.4 Å². The Hall–Kier alpha value is -2.20. The molecule has 1 atom stereocenters. The maximum absolute atomic E-state index is 12.0. The Bertz CT molecular complexity index is 553. The van der Waals surface area contributed by atoms with Crippen molar-refractivity contribution >= 4 is 29.4 Å². The van der Waals surface area contributed by atoms with E-state index < -0.39 is 18.0 Å². The minimum Gasteiger partial charge on any atom is -0.480 e. The molecule has 0 aliphatic carbocycles. The molecule has 0 saturated carbocycles. The van der Waals surface area contributed by atoms with E-state index in [1.807, 2.05) is 6.07 Å². The number of rotatable bonds is 3. The number of urea groups is 1. The number of hydrogen-bond acceptors (Lipinski definition) is 4. The first-order valence-electron chi connectivity index (χ1n) is 5.96. The Balaban J connectivity index is 2.00. The van der Waals surface area contributed by atoms with Crippen molar-refractivity contribution in [3.63, 3.8) is 0 Å². The predicted molar refractivity (Wildman–Crippen MR) is 75.4 cm³/mol. The largest absolute Gasteiger partial charge is 0.480 e. The van der Waals surface area contributed by atoms with Crippen molar-refractivity contribution in [2.75, 3.05) is 16.9 Å². The lowest BCUT2D eigenvalue weighted by molar-refractivity contribution is -0.140. The zero-order valence-electron chi connectivity index (χ0n) is 10.6. The van der Waals surface area contributed by atoms with Crippen LogP contribution in [0.3, 0.4) is 0 Å². The quantitative estimate of drug-likeness (QED) is 0.884. The molecule has 7 heteroatoms. The summed E-state index contributed by atoms with van der Waals surface area (Å²) >= 11 is 1.41. The van der Waals surface area contributed by atoms with Crippen LogP contribution in [0, 0.1) is 11.3 Å². The van der Waals surface area contributed by atoms with E-state index in [2.05, 4.69) is 5.32 Å².